The predicted molar refractivity (Wildman–Crippen MR) is 104 cm³/mol. The van der Waals surface area contributed by atoms with Gasteiger partial charge in [0.2, 0.25) is 0 Å². The number of aromatic nitrogens is 1. The van der Waals surface area contributed by atoms with Gasteiger partial charge in [0.15, 0.2) is 16.5 Å². The van der Waals surface area contributed by atoms with Crippen LogP contribution in [0.5, 0.6) is 5.75 Å². The minimum atomic E-state index is -1.73. The SMILES string of the molecule is CC1(CC(=O)O)Oc2cccc(F)c2N(c2nc3c(Cl)c(Cl)ccc3s2)C1=O. The summed E-state index contributed by atoms with van der Waals surface area (Å²) in [6.45, 7) is 1.35. The average molecular weight is 441 g/mol. The number of halogens is 3. The summed E-state index contributed by atoms with van der Waals surface area (Å²) in [5.74, 6) is -2.62. The highest BCUT2D eigenvalue weighted by Gasteiger charge is 2.48. The van der Waals surface area contributed by atoms with Gasteiger partial charge < -0.3 is 9.84 Å². The van der Waals surface area contributed by atoms with Gasteiger partial charge >= 0.3 is 5.97 Å². The summed E-state index contributed by atoms with van der Waals surface area (Å²) in [4.78, 5) is 29.9. The Balaban J connectivity index is 1.95. The first-order chi connectivity index (χ1) is 13.2. The summed E-state index contributed by atoms with van der Waals surface area (Å²) < 4.78 is 20.9. The molecule has 4 rings (SSSR count). The predicted octanol–water partition coefficient (Wildman–Crippen LogP) is 5.03. The van der Waals surface area contributed by atoms with Crippen LogP contribution < -0.4 is 9.64 Å². The van der Waals surface area contributed by atoms with E-state index >= 15 is 0 Å². The number of carbonyl (C=O) groups excluding carboxylic acids is 1. The molecule has 0 saturated carbocycles. The summed E-state index contributed by atoms with van der Waals surface area (Å²) >= 11 is 13.3. The fourth-order valence-electron chi connectivity index (χ4n) is 3.02. The molecule has 1 aromatic heterocycles. The van der Waals surface area contributed by atoms with Crippen molar-refractivity contribution in [1.82, 2.24) is 4.98 Å². The van der Waals surface area contributed by atoms with Gasteiger partial charge in [0.1, 0.15) is 17.0 Å². The van der Waals surface area contributed by atoms with E-state index in [0.717, 1.165) is 16.2 Å². The zero-order chi connectivity index (χ0) is 20.2. The molecule has 2 aromatic carbocycles. The van der Waals surface area contributed by atoms with Crippen LogP contribution in [-0.2, 0) is 9.59 Å². The highest BCUT2D eigenvalue weighted by atomic mass is 35.5. The number of thiazole rings is 1. The van der Waals surface area contributed by atoms with Gasteiger partial charge in [-0.05, 0) is 31.2 Å². The number of para-hydroxylation sites is 1. The molecule has 1 aliphatic rings. The van der Waals surface area contributed by atoms with Crippen molar-refractivity contribution in [2.24, 2.45) is 0 Å². The van der Waals surface area contributed by atoms with Gasteiger partial charge in [0, 0.05) is 0 Å². The first-order valence-corrected chi connectivity index (χ1v) is 9.57. The van der Waals surface area contributed by atoms with E-state index in [-0.39, 0.29) is 21.6 Å². The van der Waals surface area contributed by atoms with Crippen LogP contribution in [0.1, 0.15) is 13.3 Å². The molecule has 0 bridgehead atoms. The van der Waals surface area contributed by atoms with Crippen molar-refractivity contribution in [3.8, 4) is 5.75 Å². The van der Waals surface area contributed by atoms with Crippen molar-refractivity contribution in [1.29, 1.82) is 0 Å². The van der Waals surface area contributed by atoms with Gasteiger partial charge in [0.05, 0.1) is 21.2 Å². The maximum absolute atomic E-state index is 14.6. The van der Waals surface area contributed by atoms with E-state index in [1.165, 1.54) is 25.1 Å². The third-order valence-electron chi connectivity index (χ3n) is 4.28. The lowest BCUT2D eigenvalue weighted by molar-refractivity contribution is -0.148. The van der Waals surface area contributed by atoms with E-state index in [9.17, 15) is 19.1 Å². The number of nitrogens with zero attached hydrogens (tertiary/aromatic N) is 2. The number of rotatable bonds is 3. The molecular formula is C18H11Cl2FN2O4S. The first kappa shape index (κ1) is 18.9. The Labute approximate surface area is 172 Å². The van der Waals surface area contributed by atoms with E-state index in [0.29, 0.717) is 15.2 Å². The van der Waals surface area contributed by atoms with Crippen LogP contribution in [-0.4, -0.2) is 27.6 Å². The molecule has 10 heteroatoms. The number of hydrogen-bond donors (Lipinski definition) is 1. The van der Waals surface area contributed by atoms with Crippen molar-refractivity contribution in [2.45, 2.75) is 18.9 Å². The van der Waals surface area contributed by atoms with Crippen LogP contribution in [0.2, 0.25) is 10.0 Å². The fourth-order valence-corrected chi connectivity index (χ4v) is 4.42. The van der Waals surface area contributed by atoms with Crippen LogP contribution >= 0.6 is 34.5 Å². The Morgan fingerprint density at radius 3 is 2.82 bits per heavy atom. The van der Waals surface area contributed by atoms with Gasteiger partial charge in [-0.1, -0.05) is 40.6 Å². The van der Waals surface area contributed by atoms with Crippen molar-refractivity contribution in [3.63, 3.8) is 0 Å². The molecule has 1 amide bonds. The first-order valence-electron chi connectivity index (χ1n) is 8.00. The number of benzene rings is 2. The number of aliphatic carboxylic acids is 1. The third-order valence-corrected chi connectivity index (χ3v) is 6.08. The number of carboxylic acids is 1. The van der Waals surface area contributed by atoms with Crippen molar-refractivity contribution in [2.75, 3.05) is 4.90 Å². The molecule has 0 fully saturated rings. The molecule has 0 saturated heterocycles. The number of ether oxygens (including phenoxy) is 1. The molecular weight excluding hydrogens is 430 g/mol. The lowest BCUT2D eigenvalue weighted by Gasteiger charge is -2.38. The molecule has 28 heavy (non-hydrogen) atoms. The number of amides is 1. The standard InChI is InChI=1S/C18H11Cl2FN2O4S/c1-18(7-12(24)25)16(26)23(15-9(21)3-2-4-10(15)27-18)17-22-14-11(28-17)6-5-8(19)13(14)20/h2-6H,7H2,1H3,(H,24,25). The maximum Gasteiger partial charge on any atom is 0.307 e. The minimum Gasteiger partial charge on any atom is -0.481 e. The highest BCUT2D eigenvalue weighted by Crippen LogP contribution is 2.47. The molecule has 0 spiro atoms. The molecule has 6 nitrogen and oxygen atoms in total. The molecule has 1 unspecified atom stereocenters. The maximum atomic E-state index is 14.6. The van der Waals surface area contributed by atoms with E-state index in [1.807, 2.05) is 0 Å². The largest absolute Gasteiger partial charge is 0.481 e. The Morgan fingerprint density at radius 1 is 1.36 bits per heavy atom. The third kappa shape index (κ3) is 2.88. The molecule has 144 valence electrons. The van der Waals surface area contributed by atoms with E-state index in [2.05, 4.69) is 4.98 Å². The Kier molecular flexibility index (Phi) is 4.45. The van der Waals surface area contributed by atoms with E-state index < -0.39 is 29.7 Å². The minimum absolute atomic E-state index is 0.0479. The van der Waals surface area contributed by atoms with Gasteiger partial charge in [-0.15, -0.1) is 0 Å². The van der Waals surface area contributed by atoms with Gasteiger partial charge in [-0.2, -0.15) is 0 Å². The second kappa shape index (κ2) is 6.58. The average Bonchev–Trinajstić information content (AvgIpc) is 3.04. The van der Waals surface area contributed by atoms with Crippen LogP contribution in [0, 0.1) is 5.82 Å². The van der Waals surface area contributed by atoms with E-state index in [4.69, 9.17) is 27.9 Å². The molecule has 2 heterocycles. The molecule has 0 radical (unpaired) electrons. The number of anilines is 2. The van der Waals surface area contributed by atoms with Crippen LogP contribution in [0.3, 0.4) is 0 Å². The number of fused-ring (bicyclic) bond motifs is 2. The Hall–Kier alpha value is -2.42. The van der Waals surface area contributed by atoms with Crippen LogP contribution in [0.4, 0.5) is 15.2 Å². The summed E-state index contributed by atoms with van der Waals surface area (Å²) in [5.41, 5.74) is -1.49. The monoisotopic (exact) mass is 440 g/mol. The lowest BCUT2D eigenvalue weighted by atomic mass is 9.97. The number of hydrogen-bond acceptors (Lipinski definition) is 5. The lowest BCUT2D eigenvalue weighted by Crippen LogP contribution is -2.54. The highest BCUT2D eigenvalue weighted by molar-refractivity contribution is 7.22. The Bertz CT molecular complexity index is 1150. The van der Waals surface area contributed by atoms with Gasteiger partial charge in [-0.3, -0.25) is 9.59 Å². The zero-order valence-electron chi connectivity index (χ0n) is 14.2. The van der Waals surface area contributed by atoms with Gasteiger partial charge in [-0.25, -0.2) is 14.3 Å². The van der Waals surface area contributed by atoms with Crippen molar-refractivity contribution < 1.29 is 23.8 Å². The molecule has 1 atom stereocenters. The normalized spacial score (nSPS) is 18.9. The topological polar surface area (TPSA) is 79.7 Å². The zero-order valence-corrected chi connectivity index (χ0v) is 16.5. The van der Waals surface area contributed by atoms with Crippen LogP contribution in [0.15, 0.2) is 30.3 Å². The van der Waals surface area contributed by atoms with Crippen molar-refractivity contribution in [3.05, 3.63) is 46.2 Å². The molecule has 1 aliphatic heterocycles. The summed E-state index contributed by atoms with van der Waals surface area (Å²) in [5, 5.41) is 9.86. The fraction of sp³-hybridized carbons (Fsp3) is 0.167. The summed E-state index contributed by atoms with van der Waals surface area (Å²) in [7, 11) is 0. The second-order valence-electron chi connectivity index (χ2n) is 6.34. The van der Waals surface area contributed by atoms with Gasteiger partial charge in [0.25, 0.3) is 5.91 Å². The molecule has 0 aliphatic carbocycles. The quantitative estimate of drug-likeness (QED) is 0.617. The summed E-state index contributed by atoms with van der Waals surface area (Å²) in [6.07, 6.45) is -0.601. The Morgan fingerprint density at radius 2 is 2.11 bits per heavy atom. The van der Waals surface area contributed by atoms with Crippen molar-refractivity contribution >= 4 is 67.5 Å². The van der Waals surface area contributed by atoms with Crippen LogP contribution in [0.25, 0.3) is 10.2 Å². The smallest absolute Gasteiger partial charge is 0.307 e. The number of carboxylic acid groups (broad SMARTS) is 1. The second-order valence-corrected chi connectivity index (χ2v) is 8.13. The van der Waals surface area contributed by atoms with E-state index in [1.54, 1.807) is 12.1 Å². The number of carbonyl (C=O) groups is 2. The molecule has 1 N–H and O–H groups in total. The summed E-state index contributed by atoms with van der Waals surface area (Å²) in [6, 6.07) is 7.35. The molecule has 3 aromatic rings.